The van der Waals surface area contributed by atoms with Gasteiger partial charge in [0.15, 0.2) is 4.80 Å². The van der Waals surface area contributed by atoms with Crippen LogP contribution in [0.15, 0.2) is 68.0 Å². The number of para-hydroxylation sites is 1. The van der Waals surface area contributed by atoms with Crippen LogP contribution in [0.2, 0.25) is 0 Å². The summed E-state index contributed by atoms with van der Waals surface area (Å²) in [5, 5.41) is 9.81. The van der Waals surface area contributed by atoms with Crippen LogP contribution in [0.5, 0.6) is 11.5 Å². The molecule has 0 saturated heterocycles. The number of phenolic OH excluding ortho intramolecular Hbond substituents is 1. The van der Waals surface area contributed by atoms with Crippen molar-refractivity contribution in [1.82, 2.24) is 9.47 Å². The average Bonchev–Trinajstić information content (AvgIpc) is 3.15. The quantitative estimate of drug-likeness (QED) is 0.503. The second kappa shape index (κ2) is 10.2. The number of thiazole rings is 1. The molecule has 1 N–H and O–H groups in total. The van der Waals surface area contributed by atoms with Gasteiger partial charge in [0.05, 0.1) is 27.4 Å². The van der Waals surface area contributed by atoms with Gasteiger partial charge in [0.1, 0.15) is 17.5 Å². The number of fused-ring (bicyclic) bond motifs is 1. The molecule has 3 aromatic rings. The minimum absolute atomic E-state index is 0.120. The van der Waals surface area contributed by atoms with E-state index in [2.05, 4.69) is 20.9 Å². The second-order valence-electron chi connectivity index (χ2n) is 8.01. The maximum atomic E-state index is 13.8. The van der Waals surface area contributed by atoms with E-state index in [1.54, 1.807) is 40.9 Å². The van der Waals surface area contributed by atoms with Crippen LogP contribution < -0.4 is 19.6 Å². The predicted molar refractivity (Wildman–Crippen MR) is 140 cm³/mol. The van der Waals surface area contributed by atoms with Crippen LogP contribution in [0, 0.1) is 0 Å². The van der Waals surface area contributed by atoms with Crippen LogP contribution in [0.4, 0.5) is 0 Å². The highest BCUT2D eigenvalue weighted by molar-refractivity contribution is 9.10. The maximum absolute atomic E-state index is 13.8. The molecule has 0 bridgehead atoms. The Labute approximate surface area is 215 Å². The first-order valence-corrected chi connectivity index (χ1v) is 12.8. The lowest BCUT2D eigenvalue weighted by Gasteiger charge is -2.29. The number of methoxy groups -OCH3 is 1. The third kappa shape index (κ3) is 4.58. The molecule has 182 valence electrons. The molecule has 0 aliphatic carbocycles. The van der Waals surface area contributed by atoms with Crippen LogP contribution in [0.3, 0.4) is 0 Å². The molecule has 1 aromatic heterocycles. The van der Waals surface area contributed by atoms with E-state index in [-0.39, 0.29) is 17.2 Å². The number of amides is 1. The van der Waals surface area contributed by atoms with E-state index in [0.29, 0.717) is 43.9 Å². The molecule has 2 aromatic carbocycles. The molecular formula is C26H26BrN3O4S. The van der Waals surface area contributed by atoms with E-state index in [4.69, 9.17) is 4.74 Å². The predicted octanol–water partition coefficient (Wildman–Crippen LogP) is 3.58. The monoisotopic (exact) mass is 555 g/mol. The number of carbonyl (C=O) groups is 1. The molecule has 1 aliphatic heterocycles. The Bertz CT molecular complexity index is 1500. The van der Waals surface area contributed by atoms with Crippen molar-refractivity contribution in [2.45, 2.75) is 26.8 Å². The molecular weight excluding hydrogens is 530 g/mol. The van der Waals surface area contributed by atoms with E-state index in [0.717, 1.165) is 11.1 Å². The fourth-order valence-electron chi connectivity index (χ4n) is 4.23. The van der Waals surface area contributed by atoms with Gasteiger partial charge in [-0.1, -0.05) is 35.6 Å². The van der Waals surface area contributed by atoms with Gasteiger partial charge in [-0.05, 0) is 66.5 Å². The highest BCUT2D eigenvalue weighted by Gasteiger charge is 2.35. The summed E-state index contributed by atoms with van der Waals surface area (Å²) in [4.78, 5) is 34.4. The number of carbonyl (C=O) groups excluding carboxylic acids is 1. The number of phenols is 1. The lowest BCUT2D eigenvalue weighted by Crippen LogP contribution is -2.43. The third-order valence-corrected chi connectivity index (χ3v) is 7.62. The number of likely N-dealkylation sites (N-methyl/N-ethyl adjacent to an activating group) is 1. The van der Waals surface area contributed by atoms with Gasteiger partial charge in [-0.25, -0.2) is 4.99 Å². The Morgan fingerprint density at radius 1 is 1.26 bits per heavy atom. The number of nitrogens with zero attached hydrogens (tertiary/aromatic N) is 3. The molecule has 0 radical (unpaired) electrons. The van der Waals surface area contributed by atoms with E-state index in [1.807, 2.05) is 45.0 Å². The van der Waals surface area contributed by atoms with E-state index >= 15 is 0 Å². The Balaban J connectivity index is 1.99. The number of rotatable bonds is 6. The van der Waals surface area contributed by atoms with Crippen LogP contribution in [-0.2, 0) is 4.79 Å². The summed E-state index contributed by atoms with van der Waals surface area (Å²) in [5.74, 6) is 0.563. The van der Waals surface area contributed by atoms with Crippen molar-refractivity contribution in [2.24, 2.45) is 4.99 Å². The fourth-order valence-corrected chi connectivity index (χ4v) is 5.67. The zero-order chi connectivity index (χ0) is 25.3. The fraction of sp³-hybridized carbons (Fsp3) is 0.269. The molecule has 0 saturated carbocycles. The number of allylic oxidation sites excluding steroid dienone is 1. The van der Waals surface area contributed by atoms with Crippen LogP contribution in [-0.4, -0.2) is 40.7 Å². The first-order chi connectivity index (χ1) is 16.8. The first kappa shape index (κ1) is 24.9. The summed E-state index contributed by atoms with van der Waals surface area (Å²) >= 11 is 4.59. The molecule has 0 spiro atoms. The smallest absolute Gasteiger partial charge is 0.271 e. The van der Waals surface area contributed by atoms with Crippen molar-refractivity contribution in [3.63, 3.8) is 0 Å². The van der Waals surface area contributed by atoms with E-state index in [1.165, 1.54) is 11.3 Å². The molecule has 35 heavy (non-hydrogen) atoms. The van der Waals surface area contributed by atoms with Crippen LogP contribution >= 0.6 is 27.3 Å². The number of aromatic hydroxyl groups is 1. The van der Waals surface area contributed by atoms with Gasteiger partial charge < -0.3 is 14.7 Å². The molecule has 7 nitrogen and oxygen atoms in total. The van der Waals surface area contributed by atoms with Gasteiger partial charge >= 0.3 is 0 Å². The number of halogens is 1. The zero-order valence-electron chi connectivity index (χ0n) is 19.9. The van der Waals surface area contributed by atoms with Gasteiger partial charge in [-0.2, -0.15) is 0 Å². The highest BCUT2D eigenvalue weighted by Crippen LogP contribution is 2.36. The normalized spacial score (nSPS) is 15.6. The molecule has 4 rings (SSSR count). The standard InChI is InChI=1S/C26H26BrN3O4S/c1-5-29(6-2)25(33)22-15(3)28-26-30(23(22)17-9-7-8-10-20(17)34-4)24(32)21(35-26)14-16-11-12-19(31)18(27)13-16/h7-14,23,31H,5-6H2,1-4H3/b21-14+/t23-/m0/s1. The molecule has 0 unspecified atom stereocenters. The Morgan fingerprint density at radius 3 is 2.63 bits per heavy atom. The highest BCUT2D eigenvalue weighted by atomic mass is 79.9. The van der Waals surface area contributed by atoms with Crippen LogP contribution in [0.1, 0.15) is 37.9 Å². The summed E-state index contributed by atoms with van der Waals surface area (Å²) in [7, 11) is 1.58. The van der Waals surface area contributed by atoms with Crippen LogP contribution in [0.25, 0.3) is 6.08 Å². The third-order valence-electron chi connectivity index (χ3n) is 6.01. The van der Waals surface area contributed by atoms with Gasteiger partial charge in [0.25, 0.3) is 11.5 Å². The SMILES string of the molecule is CCN(CC)C(=O)C1=C(C)N=c2s/c(=C/c3ccc(O)c(Br)c3)c(=O)n2[C@H]1c1ccccc1OC. The minimum Gasteiger partial charge on any atom is -0.507 e. The summed E-state index contributed by atoms with van der Waals surface area (Å²) in [6.45, 7) is 6.77. The lowest BCUT2D eigenvalue weighted by atomic mass is 9.94. The molecule has 1 aliphatic rings. The Kier molecular flexibility index (Phi) is 7.28. The van der Waals surface area contributed by atoms with Crippen molar-refractivity contribution in [1.29, 1.82) is 0 Å². The molecule has 1 atom stereocenters. The van der Waals surface area contributed by atoms with Gasteiger partial charge in [-0.15, -0.1) is 0 Å². The van der Waals surface area contributed by atoms with Gasteiger partial charge in [-0.3, -0.25) is 14.2 Å². The zero-order valence-corrected chi connectivity index (χ0v) is 22.3. The topological polar surface area (TPSA) is 84.1 Å². The second-order valence-corrected chi connectivity index (χ2v) is 9.88. The van der Waals surface area contributed by atoms with Crippen molar-refractivity contribution < 1.29 is 14.6 Å². The maximum Gasteiger partial charge on any atom is 0.271 e. The van der Waals surface area contributed by atoms with E-state index < -0.39 is 6.04 Å². The van der Waals surface area contributed by atoms with Crippen molar-refractivity contribution in [3.8, 4) is 11.5 Å². The van der Waals surface area contributed by atoms with Crippen molar-refractivity contribution >= 4 is 39.2 Å². The summed E-state index contributed by atoms with van der Waals surface area (Å²) in [6, 6.07) is 11.8. The summed E-state index contributed by atoms with van der Waals surface area (Å²) in [5.41, 5.74) is 2.28. The van der Waals surface area contributed by atoms with E-state index in [9.17, 15) is 14.7 Å². The van der Waals surface area contributed by atoms with Crippen molar-refractivity contribution in [2.75, 3.05) is 20.2 Å². The average molecular weight is 556 g/mol. The van der Waals surface area contributed by atoms with Crippen molar-refractivity contribution in [3.05, 3.63) is 89.0 Å². The first-order valence-electron chi connectivity index (χ1n) is 11.2. The largest absolute Gasteiger partial charge is 0.507 e. The summed E-state index contributed by atoms with van der Waals surface area (Å²) < 4.78 is 8.23. The summed E-state index contributed by atoms with van der Waals surface area (Å²) in [6.07, 6.45) is 1.76. The minimum atomic E-state index is -0.677. The molecule has 2 heterocycles. The molecule has 9 heteroatoms. The Hall–Kier alpha value is -3.17. The number of hydrogen-bond acceptors (Lipinski definition) is 6. The molecule has 1 amide bonds. The number of aromatic nitrogens is 1. The number of benzene rings is 2. The van der Waals surface area contributed by atoms with Gasteiger partial charge in [0.2, 0.25) is 0 Å². The number of hydrogen-bond donors (Lipinski definition) is 1. The lowest BCUT2D eigenvalue weighted by molar-refractivity contribution is -0.127. The molecule has 0 fully saturated rings. The number of ether oxygens (including phenoxy) is 1. The van der Waals surface area contributed by atoms with Gasteiger partial charge in [0, 0.05) is 18.7 Å². The Morgan fingerprint density at radius 2 is 1.97 bits per heavy atom.